The lowest BCUT2D eigenvalue weighted by molar-refractivity contribution is -0.125. The topological polar surface area (TPSA) is 23.6 Å². The third-order valence-electron chi connectivity index (χ3n) is 4.29. The zero-order chi connectivity index (χ0) is 12.3. The van der Waals surface area contributed by atoms with Gasteiger partial charge in [0.05, 0.1) is 6.04 Å². The van der Waals surface area contributed by atoms with Gasteiger partial charge in [-0.1, -0.05) is 12.8 Å². The molecule has 1 aliphatic heterocycles. The van der Waals surface area contributed by atoms with Crippen molar-refractivity contribution in [2.45, 2.75) is 58.0 Å². The van der Waals surface area contributed by atoms with E-state index in [-0.39, 0.29) is 6.04 Å². The molecule has 17 heavy (non-hydrogen) atoms. The second-order valence-electron chi connectivity index (χ2n) is 5.75. The highest BCUT2D eigenvalue weighted by molar-refractivity contribution is 5.84. The van der Waals surface area contributed by atoms with Gasteiger partial charge in [-0.3, -0.25) is 14.6 Å². The molecule has 2 aliphatic rings. The van der Waals surface area contributed by atoms with E-state index in [1.165, 1.54) is 12.8 Å². The maximum Gasteiger partial charge on any atom is 0.149 e. The SMILES string of the molecule is CC(C)N1CCN(C2CCCCCC2=O)CC1. The van der Waals surface area contributed by atoms with Crippen LogP contribution in [0.3, 0.4) is 0 Å². The summed E-state index contributed by atoms with van der Waals surface area (Å²) in [5.74, 6) is 0.500. The molecule has 0 N–H and O–H groups in total. The summed E-state index contributed by atoms with van der Waals surface area (Å²) in [7, 11) is 0. The molecule has 3 nitrogen and oxygen atoms in total. The largest absolute Gasteiger partial charge is 0.298 e. The molecular weight excluding hydrogens is 212 g/mol. The Morgan fingerprint density at radius 2 is 1.76 bits per heavy atom. The van der Waals surface area contributed by atoms with Gasteiger partial charge in [-0.15, -0.1) is 0 Å². The van der Waals surface area contributed by atoms with Gasteiger partial charge in [0.15, 0.2) is 0 Å². The molecule has 2 rings (SSSR count). The van der Waals surface area contributed by atoms with E-state index in [2.05, 4.69) is 23.6 Å². The molecule has 0 bridgehead atoms. The first-order chi connectivity index (χ1) is 8.18. The molecule has 3 heteroatoms. The van der Waals surface area contributed by atoms with Crippen molar-refractivity contribution < 1.29 is 4.79 Å². The van der Waals surface area contributed by atoms with E-state index in [1.807, 2.05) is 0 Å². The van der Waals surface area contributed by atoms with Gasteiger partial charge in [-0.25, -0.2) is 0 Å². The normalized spacial score (nSPS) is 29.6. The quantitative estimate of drug-likeness (QED) is 0.687. The van der Waals surface area contributed by atoms with E-state index < -0.39 is 0 Å². The van der Waals surface area contributed by atoms with E-state index in [0.717, 1.165) is 45.4 Å². The van der Waals surface area contributed by atoms with Crippen LogP contribution in [-0.4, -0.2) is 53.8 Å². The first-order valence-electron chi connectivity index (χ1n) is 7.19. The van der Waals surface area contributed by atoms with Crippen LogP contribution in [0.15, 0.2) is 0 Å². The summed E-state index contributed by atoms with van der Waals surface area (Å²) in [6, 6.07) is 0.883. The number of carbonyl (C=O) groups excluding carboxylic acids is 1. The second kappa shape index (κ2) is 5.96. The molecule has 0 aromatic carbocycles. The van der Waals surface area contributed by atoms with E-state index in [0.29, 0.717) is 11.8 Å². The van der Waals surface area contributed by atoms with Crippen LogP contribution in [0, 0.1) is 0 Å². The lowest BCUT2D eigenvalue weighted by Crippen LogP contribution is -2.53. The second-order valence-corrected chi connectivity index (χ2v) is 5.75. The van der Waals surface area contributed by atoms with Gasteiger partial charge in [-0.05, 0) is 26.7 Å². The van der Waals surface area contributed by atoms with Crippen LogP contribution < -0.4 is 0 Å². The van der Waals surface area contributed by atoms with Crippen LogP contribution in [-0.2, 0) is 4.79 Å². The number of hydrogen-bond donors (Lipinski definition) is 0. The van der Waals surface area contributed by atoms with Crippen LogP contribution in [0.1, 0.15) is 46.0 Å². The van der Waals surface area contributed by atoms with E-state index in [9.17, 15) is 4.79 Å². The lowest BCUT2D eigenvalue weighted by Gasteiger charge is -2.40. The van der Waals surface area contributed by atoms with Crippen molar-refractivity contribution in [2.75, 3.05) is 26.2 Å². The van der Waals surface area contributed by atoms with Crippen molar-refractivity contribution in [1.29, 1.82) is 0 Å². The predicted octanol–water partition coefficient (Wildman–Crippen LogP) is 1.91. The molecule has 1 aliphatic carbocycles. The van der Waals surface area contributed by atoms with E-state index in [4.69, 9.17) is 0 Å². The Morgan fingerprint density at radius 3 is 2.41 bits per heavy atom. The Morgan fingerprint density at radius 1 is 1.06 bits per heavy atom. The van der Waals surface area contributed by atoms with Crippen LogP contribution in [0.25, 0.3) is 0 Å². The van der Waals surface area contributed by atoms with Gasteiger partial charge in [0.2, 0.25) is 0 Å². The molecule has 0 aromatic rings. The van der Waals surface area contributed by atoms with E-state index >= 15 is 0 Å². The molecule has 0 aromatic heterocycles. The molecule has 2 fully saturated rings. The highest BCUT2D eigenvalue weighted by Crippen LogP contribution is 2.20. The van der Waals surface area contributed by atoms with Gasteiger partial charge in [0.25, 0.3) is 0 Å². The third kappa shape index (κ3) is 3.29. The summed E-state index contributed by atoms with van der Waals surface area (Å²) in [6.45, 7) is 8.92. The van der Waals surface area contributed by atoms with Crippen molar-refractivity contribution in [2.24, 2.45) is 0 Å². The number of carbonyl (C=O) groups is 1. The van der Waals surface area contributed by atoms with Gasteiger partial charge < -0.3 is 0 Å². The zero-order valence-electron chi connectivity index (χ0n) is 11.3. The van der Waals surface area contributed by atoms with Crippen molar-refractivity contribution in [3.05, 3.63) is 0 Å². The average Bonchev–Trinajstić information content (AvgIpc) is 2.54. The Balaban J connectivity index is 1.88. The fourth-order valence-electron chi connectivity index (χ4n) is 3.09. The molecule has 0 radical (unpaired) electrons. The number of nitrogens with zero attached hydrogens (tertiary/aromatic N) is 2. The first-order valence-corrected chi connectivity index (χ1v) is 7.19. The predicted molar refractivity (Wildman–Crippen MR) is 70.2 cm³/mol. The Kier molecular flexibility index (Phi) is 4.57. The highest BCUT2D eigenvalue weighted by Gasteiger charge is 2.29. The minimum atomic E-state index is 0.242. The standard InChI is InChI=1S/C14H26N2O/c1-12(2)15-8-10-16(11-9-15)13-6-4-3-5-7-14(13)17/h12-13H,3-11H2,1-2H3. The zero-order valence-corrected chi connectivity index (χ0v) is 11.3. The number of Topliss-reactive ketones (excluding diaryl/α,β-unsaturated/α-hetero) is 1. The minimum absolute atomic E-state index is 0.242. The molecule has 1 atom stereocenters. The summed E-state index contributed by atoms with van der Waals surface area (Å²) in [5.41, 5.74) is 0. The molecule has 0 spiro atoms. The summed E-state index contributed by atoms with van der Waals surface area (Å²) in [4.78, 5) is 17.0. The molecule has 1 saturated carbocycles. The molecule has 0 amide bonds. The third-order valence-corrected chi connectivity index (χ3v) is 4.29. The summed E-state index contributed by atoms with van der Waals surface area (Å²) in [6.07, 6.45) is 5.51. The smallest absolute Gasteiger partial charge is 0.149 e. The average molecular weight is 238 g/mol. The maximum atomic E-state index is 12.1. The van der Waals surface area contributed by atoms with Crippen LogP contribution in [0.2, 0.25) is 0 Å². The summed E-state index contributed by atoms with van der Waals surface area (Å²) in [5, 5.41) is 0. The van der Waals surface area contributed by atoms with Crippen molar-refractivity contribution in [3.63, 3.8) is 0 Å². The molecule has 98 valence electrons. The van der Waals surface area contributed by atoms with Gasteiger partial charge in [-0.2, -0.15) is 0 Å². The fraction of sp³-hybridized carbons (Fsp3) is 0.929. The summed E-state index contributed by atoms with van der Waals surface area (Å²) >= 11 is 0. The highest BCUT2D eigenvalue weighted by atomic mass is 16.1. The molecule has 1 unspecified atom stereocenters. The molecular formula is C14H26N2O. The Labute approximate surface area is 105 Å². The minimum Gasteiger partial charge on any atom is -0.298 e. The summed E-state index contributed by atoms with van der Waals surface area (Å²) < 4.78 is 0. The number of rotatable bonds is 2. The number of ketones is 1. The van der Waals surface area contributed by atoms with Gasteiger partial charge in [0.1, 0.15) is 5.78 Å². The fourth-order valence-corrected chi connectivity index (χ4v) is 3.09. The number of hydrogen-bond acceptors (Lipinski definition) is 3. The van der Waals surface area contributed by atoms with Crippen LogP contribution in [0.4, 0.5) is 0 Å². The number of piperazine rings is 1. The van der Waals surface area contributed by atoms with Crippen LogP contribution in [0.5, 0.6) is 0 Å². The van der Waals surface area contributed by atoms with Crippen molar-refractivity contribution >= 4 is 5.78 Å². The molecule has 1 heterocycles. The molecule has 1 saturated heterocycles. The maximum absolute atomic E-state index is 12.1. The van der Waals surface area contributed by atoms with Gasteiger partial charge >= 0.3 is 0 Å². The van der Waals surface area contributed by atoms with Crippen molar-refractivity contribution in [1.82, 2.24) is 9.80 Å². The van der Waals surface area contributed by atoms with Gasteiger partial charge in [0, 0.05) is 38.6 Å². The van der Waals surface area contributed by atoms with E-state index in [1.54, 1.807) is 0 Å². The lowest BCUT2D eigenvalue weighted by atomic mass is 10.0. The Bertz CT molecular complexity index is 257. The van der Waals surface area contributed by atoms with Crippen molar-refractivity contribution in [3.8, 4) is 0 Å². The Hall–Kier alpha value is -0.410. The first kappa shape index (κ1) is 13.0. The monoisotopic (exact) mass is 238 g/mol. The van der Waals surface area contributed by atoms with Crippen LogP contribution >= 0.6 is 0 Å².